The molecular formula is C21H19FN4OS. The van der Waals surface area contributed by atoms with Crippen molar-refractivity contribution in [1.82, 2.24) is 15.0 Å². The van der Waals surface area contributed by atoms with Crippen LogP contribution < -0.4 is 5.32 Å². The van der Waals surface area contributed by atoms with E-state index < -0.39 is 0 Å². The molecule has 4 rings (SSSR count). The molecule has 0 aliphatic carbocycles. The molecule has 5 nitrogen and oxygen atoms in total. The molecule has 1 aromatic carbocycles. The second kappa shape index (κ2) is 7.90. The zero-order valence-electron chi connectivity index (χ0n) is 15.3. The Morgan fingerprint density at radius 1 is 1.29 bits per heavy atom. The monoisotopic (exact) mass is 394 g/mol. The Morgan fingerprint density at radius 3 is 2.93 bits per heavy atom. The summed E-state index contributed by atoms with van der Waals surface area (Å²) in [6.45, 7) is 1.89. The lowest BCUT2D eigenvalue weighted by Gasteiger charge is -2.05. The number of fused-ring (bicyclic) bond motifs is 1. The van der Waals surface area contributed by atoms with Crippen molar-refractivity contribution in [2.45, 2.75) is 26.2 Å². The fraction of sp³-hybridized carbons (Fsp3) is 0.190. The number of carbonyl (C=O) groups is 1. The van der Waals surface area contributed by atoms with Gasteiger partial charge in [-0.15, -0.1) is 11.3 Å². The van der Waals surface area contributed by atoms with Crippen LogP contribution in [-0.4, -0.2) is 20.9 Å². The normalized spacial score (nSPS) is 11.1. The Labute approximate surface area is 165 Å². The van der Waals surface area contributed by atoms with Crippen LogP contribution in [0.5, 0.6) is 0 Å². The molecule has 0 radical (unpaired) electrons. The number of nitrogens with zero attached hydrogens (tertiary/aromatic N) is 2. The Hall–Kier alpha value is -3.06. The van der Waals surface area contributed by atoms with Gasteiger partial charge >= 0.3 is 0 Å². The van der Waals surface area contributed by atoms with Crippen LogP contribution in [0.4, 0.5) is 9.52 Å². The summed E-state index contributed by atoms with van der Waals surface area (Å²) < 4.78 is 13.8. The number of carbonyl (C=O) groups excluding carboxylic acids is 1. The Balaban J connectivity index is 1.53. The lowest BCUT2D eigenvalue weighted by molar-refractivity contribution is -0.116. The number of aromatic amines is 1. The molecule has 0 saturated heterocycles. The first kappa shape index (κ1) is 18.3. The van der Waals surface area contributed by atoms with Gasteiger partial charge in [-0.3, -0.25) is 9.78 Å². The van der Waals surface area contributed by atoms with Crippen molar-refractivity contribution >= 4 is 33.3 Å². The molecule has 0 aliphatic rings. The van der Waals surface area contributed by atoms with Crippen LogP contribution in [0.25, 0.3) is 22.3 Å². The van der Waals surface area contributed by atoms with Crippen LogP contribution in [0.2, 0.25) is 0 Å². The quantitative estimate of drug-likeness (QED) is 0.478. The number of halogens is 1. The van der Waals surface area contributed by atoms with E-state index in [1.54, 1.807) is 12.3 Å². The summed E-state index contributed by atoms with van der Waals surface area (Å²) in [5.41, 5.74) is 4.40. The minimum absolute atomic E-state index is 0.0697. The van der Waals surface area contributed by atoms with Crippen molar-refractivity contribution in [3.05, 3.63) is 65.0 Å². The first-order valence-electron chi connectivity index (χ1n) is 9.03. The molecule has 0 unspecified atom stereocenters. The summed E-state index contributed by atoms with van der Waals surface area (Å²) in [5.74, 6) is -0.350. The van der Waals surface area contributed by atoms with Crippen molar-refractivity contribution in [2.75, 3.05) is 5.32 Å². The van der Waals surface area contributed by atoms with E-state index in [4.69, 9.17) is 0 Å². The van der Waals surface area contributed by atoms with Crippen molar-refractivity contribution in [3.8, 4) is 11.4 Å². The van der Waals surface area contributed by atoms with Gasteiger partial charge in [0.15, 0.2) is 5.13 Å². The third kappa shape index (κ3) is 3.94. The van der Waals surface area contributed by atoms with E-state index in [9.17, 15) is 9.18 Å². The second-order valence-electron chi connectivity index (χ2n) is 6.58. The average molecular weight is 394 g/mol. The number of pyridine rings is 1. The van der Waals surface area contributed by atoms with Crippen molar-refractivity contribution in [3.63, 3.8) is 0 Å². The third-order valence-corrected chi connectivity index (χ3v) is 5.36. The number of aryl methyl sites for hydroxylation is 2. The zero-order valence-corrected chi connectivity index (χ0v) is 16.1. The minimum Gasteiger partial charge on any atom is -0.353 e. The highest BCUT2D eigenvalue weighted by molar-refractivity contribution is 7.13. The molecular weight excluding hydrogens is 375 g/mol. The summed E-state index contributed by atoms with van der Waals surface area (Å²) >= 11 is 1.41. The number of rotatable bonds is 6. The van der Waals surface area contributed by atoms with Gasteiger partial charge < -0.3 is 10.3 Å². The van der Waals surface area contributed by atoms with Crippen LogP contribution >= 0.6 is 11.3 Å². The smallest absolute Gasteiger partial charge is 0.226 e. The van der Waals surface area contributed by atoms with E-state index >= 15 is 0 Å². The van der Waals surface area contributed by atoms with Gasteiger partial charge in [0, 0.05) is 28.9 Å². The number of anilines is 1. The maximum atomic E-state index is 13.8. The SMILES string of the molecule is Cc1csc(NC(=O)CCCc2c(-c3ccccn3)[nH]c3ccc(F)cc23)n1. The van der Waals surface area contributed by atoms with Gasteiger partial charge in [0.2, 0.25) is 5.91 Å². The van der Waals surface area contributed by atoms with Crippen molar-refractivity contribution in [1.29, 1.82) is 0 Å². The molecule has 3 aromatic heterocycles. The maximum Gasteiger partial charge on any atom is 0.226 e. The summed E-state index contributed by atoms with van der Waals surface area (Å²) in [5, 5.41) is 6.17. The van der Waals surface area contributed by atoms with Gasteiger partial charge in [-0.1, -0.05) is 6.07 Å². The number of thiazole rings is 1. The topological polar surface area (TPSA) is 70.7 Å². The number of benzene rings is 1. The number of hydrogen-bond acceptors (Lipinski definition) is 4. The fourth-order valence-corrected chi connectivity index (χ4v) is 3.93. The molecule has 0 aliphatic heterocycles. The first-order chi connectivity index (χ1) is 13.6. The molecule has 142 valence electrons. The summed E-state index contributed by atoms with van der Waals surface area (Å²) in [7, 11) is 0. The van der Waals surface area contributed by atoms with Gasteiger partial charge in [0.25, 0.3) is 0 Å². The van der Waals surface area contributed by atoms with Gasteiger partial charge in [-0.2, -0.15) is 0 Å². The number of H-pyrrole nitrogens is 1. The Kier molecular flexibility index (Phi) is 5.16. The maximum absolute atomic E-state index is 13.8. The molecule has 4 aromatic rings. The molecule has 0 bridgehead atoms. The standard InChI is InChI=1S/C21H19FN4OS/c1-13-12-28-21(24-13)26-19(27)7-4-5-15-16-11-14(22)8-9-17(16)25-20(15)18-6-2-3-10-23-18/h2-3,6,8-12,25H,4-5,7H2,1H3,(H,24,26,27). The van der Waals surface area contributed by atoms with Crippen LogP contribution in [0, 0.1) is 12.7 Å². The lowest BCUT2D eigenvalue weighted by atomic mass is 10.0. The highest BCUT2D eigenvalue weighted by Crippen LogP contribution is 2.31. The molecule has 1 amide bonds. The van der Waals surface area contributed by atoms with Crippen molar-refractivity contribution in [2.24, 2.45) is 0 Å². The van der Waals surface area contributed by atoms with Crippen molar-refractivity contribution < 1.29 is 9.18 Å². The summed E-state index contributed by atoms with van der Waals surface area (Å²) in [6.07, 6.45) is 3.37. The van der Waals surface area contributed by atoms with Gasteiger partial charge in [0.1, 0.15) is 5.82 Å². The minimum atomic E-state index is -0.280. The van der Waals surface area contributed by atoms with E-state index in [1.807, 2.05) is 30.5 Å². The lowest BCUT2D eigenvalue weighted by Crippen LogP contribution is -2.11. The van der Waals surface area contributed by atoms with E-state index in [2.05, 4.69) is 20.3 Å². The predicted octanol–water partition coefficient (Wildman–Crippen LogP) is 5.10. The molecule has 0 atom stereocenters. The number of nitrogens with one attached hydrogen (secondary N) is 2. The molecule has 7 heteroatoms. The number of amides is 1. The number of aromatic nitrogens is 3. The fourth-order valence-electron chi connectivity index (χ4n) is 3.23. The van der Waals surface area contributed by atoms with Gasteiger partial charge in [0.05, 0.1) is 17.1 Å². The average Bonchev–Trinajstić information content (AvgIpc) is 3.26. The zero-order chi connectivity index (χ0) is 19.5. The molecule has 0 saturated carbocycles. The molecule has 3 heterocycles. The van der Waals surface area contributed by atoms with Crippen LogP contribution in [-0.2, 0) is 11.2 Å². The predicted molar refractivity (Wildman–Crippen MR) is 110 cm³/mol. The van der Waals surface area contributed by atoms with Gasteiger partial charge in [-0.05, 0) is 55.7 Å². The van der Waals surface area contributed by atoms with Crippen LogP contribution in [0.3, 0.4) is 0 Å². The first-order valence-corrected chi connectivity index (χ1v) is 9.91. The molecule has 0 spiro atoms. The largest absolute Gasteiger partial charge is 0.353 e. The third-order valence-electron chi connectivity index (χ3n) is 4.49. The Bertz CT molecular complexity index is 1120. The highest BCUT2D eigenvalue weighted by Gasteiger charge is 2.15. The van der Waals surface area contributed by atoms with E-state index in [-0.39, 0.29) is 11.7 Å². The van der Waals surface area contributed by atoms with E-state index in [1.165, 1.54) is 23.5 Å². The molecule has 28 heavy (non-hydrogen) atoms. The summed E-state index contributed by atoms with van der Waals surface area (Å²) in [4.78, 5) is 24.2. The molecule has 2 N–H and O–H groups in total. The van der Waals surface area contributed by atoms with Crippen LogP contribution in [0.15, 0.2) is 48.0 Å². The van der Waals surface area contributed by atoms with Gasteiger partial charge in [-0.25, -0.2) is 9.37 Å². The Morgan fingerprint density at radius 2 is 2.18 bits per heavy atom. The highest BCUT2D eigenvalue weighted by atomic mass is 32.1. The van der Waals surface area contributed by atoms with E-state index in [0.29, 0.717) is 24.4 Å². The van der Waals surface area contributed by atoms with Crippen LogP contribution in [0.1, 0.15) is 24.1 Å². The van der Waals surface area contributed by atoms with E-state index in [0.717, 1.165) is 33.5 Å². The second-order valence-corrected chi connectivity index (χ2v) is 7.44. The summed E-state index contributed by atoms with van der Waals surface area (Å²) in [6, 6.07) is 10.4. The molecule has 0 fully saturated rings. The number of hydrogen-bond donors (Lipinski definition) is 2.